The molecule has 0 unspecified atom stereocenters. The first-order chi connectivity index (χ1) is 20.8. The van der Waals surface area contributed by atoms with Gasteiger partial charge in [-0.2, -0.15) is 0 Å². The number of hydrogen-bond donors (Lipinski definition) is 1. The molecule has 7 nitrogen and oxygen atoms in total. The Balaban J connectivity index is 0.000000300. The molecule has 3 rings (SSSR count). The molecule has 0 amide bonds. The number of aromatic nitrogens is 1. The molecule has 2 aromatic carbocycles. The molecule has 0 atom stereocenters. The molecule has 0 aliphatic rings. The van der Waals surface area contributed by atoms with E-state index in [1.54, 1.807) is 0 Å². The van der Waals surface area contributed by atoms with Gasteiger partial charge in [0.25, 0.3) is 0 Å². The highest BCUT2D eigenvalue weighted by atomic mass is 32.2. The van der Waals surface area contributed by atoms with E-state index in [0.717, 1.165) is 24.3 Å². The number of unbranched alkanes of at least 4 members (excludes halogenated alkanes) is 13. The highest BCUT2D eigenvalue weighted by Gasteiger charge is 2.26. The number of nitrogens with zero attached hydrogens (tertiary/aromatic N) is 1. The number of carboxylic acids is 2. The van der Waals surface area contributed by atoms with Gasteiger partial charge in [-0.15, -0.1) is 0 Å². The van der Waals surface area contributed by atoms with E-state index >= 15 is 0 Å². The van der Waals surface area contributed by atoms with Crippen molar-refractivity contribution in [1.82, 2.24) is 0 Å². The summed E-state index contributed by atoms with van der Waals surface area (Å²) in [6, 6.07) is 16.2. The van der Waals surface area contributed by atoms with Crippen molar-refractivity contribution in [3.05, 3.63) is 90.3 Å². The van der Waals surface area contributed by atoms with Gasteiger partial charge in [-0.1, -0.05) is 120 Å². The van der Waals surface area contributed by atoms with Crippen LogP contribution in [0.15, 0.2) is 88.9 Å². The summed E-state index contributed by atoms with van der Waals surface area (Å²) in [6.07, 6.45) is 24.4. The van der Waals surface area contributed by atoms with Crippen molar-refractivity contribution in [2.45, 2.75) is 113 Å². The van der Waals surface area contributed by atoms with Crippen LogP contribution in [0.1, 0.15) is 118 Å². The predicted octanol–water partition coefficient (Wildman–Crippen LogP) is 7.04. The molecule has 0 fully saturated rings. The van der Waals surface area contributed by atoms with Crippen LogP contribution >= 0.6 is 0 Å². The molecule has 43 heavy (non-hydrogen) atoms. The molecular formula is C35H47NO6S. The molecule has 1 aromatic heterocycles. The van der Waals surface area contributed by atoms with Gasteiger partial charge < -0.3 is 15.0 Å². The van der Waals surface area contributed by atoms with Gasteiger partial charge >= 0.3 is 5.97 Å². The minimum absolute atomic E-state index is 0.425. The van der Waals surface area contributed by atoms with Crippen LogP contribution in [0.4, 0.5) is 0 Å². The monoisotopic (exact) mass is 609 g/mol. The van der Waals surface area contributed by atoms with Crippen LogP contribution in [0.5, 0.6) is 0 Å². The zero-order valence-corrected chi connectivity index (χ0v) is 26.3. The van der Waals surface area contributed by atoms with Crippen molar-refractivity contribution in [1.29, 1.82) is 0 Å². The van der Waals surface area contributed by atoms with Crippen LogP contribution in [0.2, 0.25) is 0 Å². The van der Waals surface area contributed by atoms with Gasteiger partial charge in [0.2, 0.25) is 9.84 Å². The Bertz CT molecular complexity index is 1280. The highest BCUT2D eigenvalue weighted by Crippen LogP contribution is 2.26. The summed E-state index contributed by atoms with van der Waals surface area (Å²) in [7, 11) is -4.29. The number of carbonyl (C=O) groups excluding carboxylic acids is 1. The largest absolute Gasteiger partial charge is 0.545 e. The summed E-state index contributed by atoms with van der Waals surface area (Å²) in [5, 5.41) is 20.1. The lowest BCUT2D eigenvalue weighted by atomic mass is 10.0. The molecule has 1 heterocycles. The van der Waals surface area contributed by atoms with Gasteiger partial charge in [0.1, 0.15) is 6.54 Å². The first-order valence-electron chi connectivity index (χ1n) is 15.6. The van der Waals surface area contributed by atoms with Crippen molar-refractivity contribution < 1.29 is 32.8 Å². The highest BCUT2D eigenvalue weighted by molar-refractivity contribution is 7.91. The minimum atomic E-state index is -4.29. The van der Waals surface area contributed by atoms with Crippen LogP contribution in [0, 0.1) is 0 Å². The number of benzene rings is 2. The van der Waals surface area contributed by atoms with Crippen LogP contribution in [-0.2, 0) is 16.4 Å². The van der Waals surface area contributed by atoms with Crippen LogP contribution in [0.3, 0.4) is 0 Å². The predicted molar refractivity (Wildman–Crippen MR) is 167 cm³/mol. The van der Waals surface area contributed by atoms with Crippen LogP contribution < -0.4 is 9.67 Å². The van der Waals surface area contributed by atoms with Gasteiger partial charge in [0.05, 0.1) is 21.3 Å². The Labute approximate surface area is 257 Å². The SMILES string of the molecule is CCCCCCCCCCCCCCCC[n+]1ccccc1.O=C([O-])c1ccccc1S(=O)(=O)c1ccccc1C(=O)O. The molecule has 0 saturated carbocycles. The van der Waals surface area contributed by atoms with Crippen molar-refractivity contribution >= 4 is 21.8 Å². The average molecular weight is 610 g/mol. The molecule has 0 aliphatic carbocycles. The van der Waals surface area contributed by atoms with Gasteiger partial charge in [-0.05, 0) is 24.6 Å². The standard InChI is InChI=1S/C21H38N.C14H10O6S/c1-2-3-4-5-6-7-8-9-10-11-12-13-14-16-19-22-20-17-15-18-21-22;15-13(16)9-5-1-3-7-11(9)21(19,20)12-8-4-2-6-10(12)14(17)18/h15,17-18,20-21H,2-14,16,19H2,1H3;1-8H,(H,15,16)(H,17,18)/q+1;/p-1. The molecule has 8 heteroatoms. The van der Waals surface area contributed by atoms with E-state index in [0.29, 0.717) is 0 Å². The molecule has 0 bridgehead atoms. The summed E-state index contributed by atoms with van der Waals surface area (Å²) in [6.45, 7) is 3.47. The maximum Gasteiger partial charge on any atom is 0.337 e. The summed E-state index contributed by atoms with van der Waals surface area (Å²) in [4.78, 5) is 21.2. The van der Waals surface area contributed by atoms with E-state index < -0.39 is 42.7 Å². The summed E-state index contributed by atoms with van der Waals surface area (Å²) < 4.78 is 27.4. The van der Waals surface area contributed by atoms with E-state index in [1.165, 1.54) is 121 Å². The zero-order chi connectivity index (χ0) is 31.3. The third kappa shape index (κ3) is 13.1. The van der Waals surface area contributed by atoms with Crippen LogP contribution in [-0.4, -0.2) is 25.5 Å². The number of carboxylic acid groups (broad SMARTS) is 2. The molecule has 0 saturated heterocycles. The Kier molecular flexibility index (Phi) is 16.9. The first-order valence-corrected chi connectivity index (χ1v) is 17.1. The minimum Gasteiger partial charge on any atom is -0.545 e. The average Bonchev–Trinajstić information content (AvgIpc) is 3.02. The fraction of sp³-hybridized carbons (Fsp3) is 0.457. The fourth-order valence-electron chi connectivity index (χ4n) is 4.94. The molecule has 3 aromatic rings. The van der Waals surface area contributed by atoms with E-state index in [9.17, 15) is 23.1 Å². The van der Waals surface area contributed by atoms with E-state index in [-0.39, 0.29) is 0 Å². The third-order valence-corrected chi connectivity index (χ3v) is 9.22. The maximum absolute atomic E-state index is 12.5. The zero-order valence-electron chi connectivity index (χ0n) is 25.5. The summed E-state index contributed by atoms with van der Waals surface area (Å²) in [5.74, 6) is -3.07. The number of aromatic carboxylic acids is 2. The van der Waals surface area contributed by atoms with Gasteiger partial charge in [-0.25, -0.2) is 17.8 Å². The number of carbonyl (C=O) groups is 2. The number of sulfone groups is 1. The second-order valence-corrected chi connectivity index (χ2v) is 12.7. The molecule has 1 N–H and O–H groups in total. The van der Waals surface area contributed by atoms with E-state index in [1.807, 2.05) is 0 Å². The van der Waals surface area contributed by atoms with Gasteiger partial charge in [0.15, 0.2) is 12.4 Å². The van der Waals surface area contributed by atoms with Gasteiger partial charge in [0, 0.05) is 24.1 Å². The number of hydrogen-bond acceptors (Lipinski definition) is 5. The normalized spacial score (nSPS) is 11.0. The first kappa shape index (κ1) is 35.7. The molecule has 0 spiro atoms. The smallest absolute Gasteiger partial charge is 0.337 e. The Morgan fingerprint density at radius 3 is 1.51 bits per heavy atom. The maximum atomic E-state index is 12.5. The summed E-state index contributed by atoms with van der Waals surface area (Å²) in [5.41, 5.74) is -0.941. The van der Waals surface area contributed by atoms with Crippen molar-refractivity contribution in [2.75, 3.05) is 0 Å². The second kappa shape index (κ2) is 20.4. The van der Waals surface area contributed by atoms with Crippen molar-refractivity contribution in [2.24, 2.45) is 0 Å². The number of aryl methyl sites for hydroxylation is 1. The summed E-state index contributed by atoms with van der Waals surface area (Å²) >= 11 is 0. The van der Waals surface area contributed by atoms with Gasteiger partial charge in [-0.3, -0.25) is 0 Å². The second-order valence-electron chi connectivity index (χ2n) is 10.8. The molecule has 234 valence electrons. The Morgan fingerprint density at radius 2 is 1.05 bits per heavy atom. The topological polar surface area (TPSA) is 115 Å². The van der Waals surface area contributed by atoms with E-state index in [4.69, 9.17) is 5.11 Å². The van der Waals surface area contributed by atoms with Crippen molar-refractivity contribution in [3.8, 4) is 0 Å². The third-order valence-electron chi connectivity index (χ3n) is 7.35. The lowest BCUT2D eigenvalue weighted by molar-refractivity contribution is -0.697. The Morgan fingerprint density at radius 1 is 0.628 bits per heavy atom. The van der Waals surface area contributed by atoms with E-state index in [2.05, 4.69) is 42.1 Å². The lowest BCUT2D eigenvalue weighted by Gasteiger charge is -2.12. The molecule has 0 aliphatic heterocycles. The van der Waals surface area contributed by atoms with Crippen molar-refractivity contribution in [3.63, 3.8) is 0 Å². The Hall–Kier alpha value is -3.52. The molecule has 0 radical (unpaired) electrons. The fourth-order valence-corrected chi connectivity index (χ4v) is 6.58. The lowest BCUT2D eigenvalue weighted by Crippen LogP contribution is -2.32. The van der Waals surface area contributed by atoms with Crippen LogP contribution in [0.25, 0.3) is 0 Å². The number of pyridine rings is 1. The number of rotatable bonds is 19. The molecular weight excluding hydrogens is 562 g/mol. The quantitative estimate of drug-likeness (QED) is 0.115.